The Balaban J connectivity index is 0.000000183. The molecule has 2 amide bonds. The van der Waals surface area contributed by atoms with Crippen molar-refractivity contribution in [3.8, 4) is 46.4 Å². The number of Topliss-reactive ketones (excluding diaryl/α,β-unsaturated/α-hetero) is 1. The number of carbonyl (C=O) groups excluding carboxylic acids is 3. The third kappa shape index (κ3) is 34.1. The second kappa shape index (κ2) is 53.8. The monoisotopic (exact) mass is 2250 g/mol. The number of ether oxygens (including phenoxy) is 6. The van der Waals surface area contributed by atoms with E-state index < -0.39 is 71.5 Å². The second-order valence-electron chi connectivity index (χ2n) is 33.2. The van der Waals surface area contributed by atoms with Gasteiger partial charge < -0.3 is 68.8 Å². The number of benzene rings is 3. The number of hydrogen-bond acceptors (Lipinski definition) is 22. The Morgan fingerprint density at radius 1 is 0.493 bits per heavy atom. The number of hydrogen-bond donors (Lipinski definition) is 3. The number of aromatic nitrogens is 7. The SMILES string of the molecule is BrCCOCCBr.C#CC1CCOCC1.Cc1ccc(CC(=O)c2ccnc(C(F)(F)F)c2)cc1B1OC(C)(C)C(C)(C)O1.Cc1ccc(NC(=O)c2ccnc(C(F)(F)F)c2)cc1-c1cnc(C#CC2CCOCC2)c(N2CCOCC2)c1.Cc1ccc(NC(=O)c2ccnc(C(F)(F)F)c2)cc1-c1cnc(Cl)c(N2CCOCC2)c1.Clc1ncc(Br)cc1N1CCOCC1.Nc1cc(Br)cnc1Cl. The van der Waals surface area contributed by atoms with Gasteiger partial charge in [0.2, 0.25) is 0 Å². The van der Waals surface area contributed by atoms with E-state index >= 15 is 0 Å². The van der Waals surface area contributed by atoms with Crippen LogP contribution in [-0.4, -0.2) is 200 Å². The number of carbonyl (C=O) groups is 3. The number of rotatable bonds is 17. The molecule has 0 bridgehead atoms. The molecule has 24 nitrogen and oxygen atoms in total. The van der Waals surface area contributed by atoms with Crippen LogP contribution in [0.5, 0.6) is 0 Å². The van der Waals surface area contributed by atoms with Crippen LogP contribution in [0.3, 0.4) is 0 Å². The van der Waals surface area contributed by atoms with Gasteiger partial charge in [-0.05, 0) is 230 Å². The van der Waals surface area contributed by atoms with Crippen molar-refractivity contribution in [3.05, 3.63) is 245 Å². The lowest BCUT2D eigenvalue weighted by Crippen LogP contribution is -2.41. The van der Waals surface area contributed by atoms with Gasteiger partial charge in [-0.1, -0.05) is 108 Å². The van der Waals surface area contributed by atoms with Crippen LogP contribution in [0.2, 0.25) is 15.5 Å². The predicted octanol–water partition coefficient (Wildman–Crippen LogP) is 21.9. The number of nitrogens with two attached hydrogens (primary N) is 1. The highest BCUT2D eigenvalue weighted by Crippen LogP contribution is 2.40. The van der Waals surface area contributed by atoms with Gasteiger partial charge in [-0.3, -0.25) is 29.3 Å². The normalized spacial score (nSPS) is 15.8. The molecule has 13 heterocycles. The largest absolute Gasteiger partial charge is 0.495 e. The molecule has 0 spiro atoms. The molecule has 7 aromatic heterocycles. The number of pyridine rings is 7. The van der Waals surface area contributed by atoms with E-state index in [1.165, 1.54) is 18.2 Å². The average Bonchev–Trinajstić information content (AvgIpc) is 1.60. The molecule has 746 valence electrons. The summed E-state index contributed by atoms with van der Waals surface area (Å²) in [6.07, 6.45) is 4.88. The number of aryl methyl sites for hydroxylation is 3. The number of anilines is 6. The molecule has 0 radical (unpaired) electrons. The molecule has 3 aromatic carbocycles. The molecular weight excluding hydrogens is 2150 g/mol. The standard InChI is InChI=1S/C30H29F3N4O3.C23H20ClF3N4O2.C21H23BF3NO3.C9H10BrClN2O.C7H10O.C5H4BrClN2.C4H8Br2O/c1-20-2-4-24(36-29(38)22-6-9-34-28(17-22)30(31,32)33)18-25(20)23-16-27(37-10-14-40-15-11-37)26(35-19-23)5-3-21-7-12-39-13-8-21;1-14-2-3-17(30-22(32)15-4-5-28-20(11-15)23(25,26)27)12-18(14)16-10-19(21(24)29-13-16)31-6-8-33-9-7-31;1-13-6-7-14(10-16(13)22-28-19(2,3)20(4,5)29-22)11-17(27)15-8-9-26-18(12-15)21(23,24)25;10-7-5-8(9(11)12-6-7)13-1-3-14-4-2-13;1-2-7-3-5-8-6-4-7;6-3-1-4(8)5(7)9-2-3;5-1-3-7-4-2-6/h2,4,6,9,16-19,21H,7-8,10-15H2,1H3,(H,36,38);2-5,10-13H,6-9H2,1H3,(H,30,32);6-10,12H,11H2,1-5H3;5-6H,1-4H2;1,7H,3-6H2;1-2H,8H2;1-4H2. The van der Waals surface area contributed by atoms with Crippen LogP contribution in [0, 0.1) is 56.8 Å². The van der Waals surface area contributed by atoms with Crippen LogP contribution in [0.1, 0.15) is 129 Å². The lowest BCUT2D eigenvalue weighted by molar-refractivity contribution is -0.142. The van der Waals surface area contributed by atoms with E-state index in [1.807, 2.05) is 84.9 Å². The Bertz CT molecular complexity index is 5920. The van der Waals surface area contributed by atoms with Crippen molar-refractivity contribution in [2.45, 2.75) is 110 Å². The number of nitrogen functional groups attached to an aromatic ring is 1. The highest BCUT2D eigenvalue weighted by Gasteiger charge is 2.52. The van der Waals surface area contributed by atoms with Gasteiger partial charge in [0.25, 0.3) is 11.8 Å². The number of nitrogens with one attached hydrogen (secondary N) is 2. The molecule has 4 N–H and O–H groups in total. The van der Waals surface area contributed by atoms with E-state index in [-0.39, 0.29) is 29.0 Å². The summed E-state index contributed by atoms with van der Waals surface area (Å²) >= 11 is 30.9. The van der Waals surface area contributed by atoms with Crippen LogP contribution >= 0.6 is 98.5 Å². The zero-order chi connectivity index (χ0) is 101. The fourth-order valence-corrected chi connectivity index (χ4v) is 15.9. The van der Waals surface area contributed by atoms with E-state index in [9.17, 15) is 53.9 Å². The van der Waals surface area contributed by atoms with Gasteiger partial charge in [0.1, 0.15) is 22.8 Å². The Kier molecular flexibility index (Phi) is 43.2. The van der Waals surface area contributed by atoms with E-state index in [4.69, 9.17) is 89.7 Å². The summed E-state index contributed by atoms with van der Waals surface area (Å²) in [7, 11) is -0.576. The number of ketones is 1. The van der Waals surface area contributed by atoms with Gasteiger partial charge in [-0.25, -0.2) is 19.9 Å². The molecule has 0 atom stereocenters. The highest BCUT2D eigenvalue weighted by molar-refractivity contribution is 9.11. The summed E-state index contributed by atoms with van der Waals surface area (Å²) in [5.74, 6) is 8.43. The van der Waals surface area contributed by atoms with Crippen LogP contribution < -0.4 is 36.5 Å². The minimum atomic E-state index is -4.64. The summed E-state index contributed by atoms with van der Waals surface area (Å²) in [6, 6.07) is 29.8. The molecule has 16 rings (SSSR count). The highest BCUT2D eigenvalue weighted by atomic mass is 79.9. The van der Waals surface area contributed by atoms with Gasteiger partial charge >= 0.3 is 25.6 Å². The molecule has 0 saturated carbocycles. The number of alkyl halides is 11. The maximum Gasteiger partial charge on any atom is 0.495 e. The number of terminal acetylenes is 1. The summed E-state index contributed by atoms with van der Waals surface area (Å²) in [5.41, 5.74) is 13.2. The van der Waals surface area contributed by atoms with Crippen molar-refractivity contribution < 1.29 is 91.6 Å². The molecule has 6 fully saturated rings. The van der Waals surface area contributed by atoms with E-state index in [0.717, 1.165) is 223 Å². The zero-order valence-corrected chi connectivity index (χ0v) is 86.2. The van der Waals surface area contributed by atoms with Crippen molar-refractivity contribution in [1.82, 2.24) is 34.9 Å². The Hall–Kier alpha value is -9.46. The van der Waals surface area contributed by atoms with Crippen LogP contribution in [0.25, 0.3) is 22.3 Å². The van der Waals surface area contributed by atoms with Gasteiger partial charge in [-0.15, -0.1) is 12.3 Å². The van der Waals surface area contributed by atoms with E-state index in [2.05, 4.69) is 143 Å². The summed E-state index contributed by atoms with van der Waals surface area (Å²) in [4.78, 5) is 71.2. The molecule has 6 aliphatic rings. The maximum absolute atomic E-state index is 13.1. The van der Waals surface area contributed by atoms with Crippen molar-refractivity contribution in [1.29, 1.82) is 0 Å². The second-order valence-corrected chi connectivity index (χ2v) is 37.7. The van der Waals surface area contributed by atoms with E-state index in [0.29, 0.717) is 89.2 Å². The Morgan fingerprint density at radius 3 is 1.32 bits per heavy atom. The number of nitrogens with zero attached hydrogens (tertiary/aromatic N) is 10. The van der Waals surface area contributed by atoms with Crippen LogP contribution in [0.4, 0.5) is 73.6 Å². The quantitative estimate of drug-likeness (QED) is 0.0145. The van der Waals surface area contributed by atoms with E-state index in [1.54, 1.807) is 61.2 Å². The first kappa shape index (κ1) is 113. The molecule has 140 heavy (non-hydrogen) atoms. The first-order valence-corrected chi connectivity index (χ1v) is 49.3. The summed E-state index contributed by atoms with van der Waals surface area (Å²) in [5, 5.41) is 8.51. The average molecular weight is 2260 g/mol. The van der Waals surface area contributed by atoms with Gasteiger partial charge in [0.15, 0.2) is 21.2 Å². The lowest BCUT2D eigenvalue weighted by Gasteiger charge is -2.32. The minimum absolute atomic E-state index is 0.0231. The molecule has 41 heteroatoms. The molecule has 10 aromatic rings. The maximum atomic E-state index is 13.1. The van der Waals surface area contributed by atoms with Crippen molar-refractivity contribution in [2.75, 3.05) is 160 Å². The smallest absolute Gasteiger partial charge is 0.399 e. The Morgan fingerprint density at radius 2 is 0.886 bits per heavy atom. The lowest BCUT2D eigenvalue weighted by atomic mass is 9.75. The van der Waals surface area contributed by atoms with Crippen LogP contribution in [0.15, 0.2) is 168 Å². The Labute approximate surface area is 856 Å². The number of halogens is 16. The fourth-order valence-electron chi connectivity index (χ4n) is 14.3. The summed E-state index contributed by atoms with van der Waals surface area (Å²) in [6.45, 7) is 26.9. The molecule has 6 aliphatic heterocycles. The van der Waals surface area contributed by atoms with Crippen LogP contribution in [-0.2, 0) is 62.7 Å². The first-order valence-electron chi connectivity index (χ1n) is 44.4. The zero-order valence-electron chi connectivity index (χ0n) is 77.6. The number of morpholine rings is 3. The summed E-state index contributed by atoms with van der Waals surface area (Å²) < 4.78 is 162. The molecule has 0 aliphatic carbocycles. The molecule has 0 unspecified atom stereocenters. The van der Waals surface area contributed by atoms with Crippen molar-refractivity contribution in [3.63, 3.8) is 0 Å². The first-order chi connectivity index (χ1) is 66.6. The third-order valence-corrected chi connectivity index (χ3v) is 25.1. The predicted molar refractivity (Wildman–Crippen MR) is 541 cm³/mol. The molecule has 6 saturated heterocycles. The van der Waals surface area contributed by atoms with Crippen molar-refractivity contribution in [2.24, 2.45) is 11.8 Å². The van der Waals surface area contributed by atoms with Crippen molar-refractivity contribution >= 4 is 163 Å². The topological polar surface area (TPSA) is 275 Å². The molecular formula is C99H104BBr4Cl3F9N13O11. The number of amides is 2. The fraction of sp³-hybridized carbons (Fsp3) is 0.394. The van der Waals surface area contributed by atoms with Gasteiger partial charge in [0.05, 0.1) is 86.8 Å². The minimum Gasteiger partial charge on any atom is -0.399 e. The van der Waals surface area contributed by atoms with Gasteiger partial charge in [0, 0.05) is 186 Å². The van der Waals surface area contributed by atoms with Gasteiger partial charge in [-0.2, -0.15) is 39.5 Å². The third-order valence-electron chi connectivity index (χ3n) is 22.7.